The minimum atomic E-state index is -0.307. The molecule has 0 aliphatic carbocycles. The summed E-state index contributed by atoms with van der Waals surface area (Å²) in [6.07, 6.45) is 1.20. The third-order valence-corrected chi connectivity index (χ3v) is 5.80. The standard InChI is InChI=1S/C19H27N5O3/c1-22-9-13(8-14(22)11-25)20-18(27)12-3-4-17-16(7-12)21-19(23(17)2)24-6-5-15(26)10-24/h3-4,7,13-15,25-26H,5-6,8-11H2,1-2H3,(H,20,27). The normalized spacial score (nSPS) is 26.2. The molecular weight excluding hydrogens is 346 g/mol. The molecule has 2 fully saturated rings. The van der Waals surface area contributed by atoms with Gasteiger partial charge in [0.15, 0.2) is 0 Å². The van der Waals surface area contributed by atoms with E-state index in [0.29, 0.717) is 12.1 Å². The Hall–Kier alpha value is -2.16. The maximum atomic E-state index is 12.7. The van der Waals surface area contributed by atoms with Gasteiger partial charge in [0.2, 0.25) is 5.95 Å². The highest BCUT2D eigenvalue weighted by atomic mass is 16.3. The third kappa shape index (κ3) is 3.40. The molecule has 146 valence electrons. The van der Waals surface area contributed by atoms with Gasteiger partial charge in [0.1, 0.15) is 0 Å². The Bertz CT molecular complexity index is 851. The maximum Gasteiger partial charge on any atom is 0.251 e. The Labute approximate surface area is 158 Å². The number of β-amino-alcohol motifs (C(OH)–C–C–N with tert-alkyl or cyclic N) is 1. The van der Waals surface area contributed by atoms with Gasteiger partial charge in [-0.25, -0.2) is 4.98 Å². The van der Waals surface area contributed by atoms with Crippen LogP contribution in [0.5, 0.6) is 0 Å². The fourth-order valence-electron chi connectivity index (χ4n) is 4.20. The van der Waals surface area contributed by atoms with E-state index in [-0.39, 0.29) is 30.7 Å². The lowest BCUT2D eigenvalue weighted by molar-refractivity contribution is 0.0938. The van der Waals surface area contributed by atoms with E-state index in [1.807, 2.05) is 36.9 Å². The van der Waals surface area contributed by atoms with Gasteiger partial charge in [-0.1, -0.05) is 0 Å². The van der Waals surface area contributed by atoms with E-state index in [2.05, 4.69) is 15.1 Å². The molecule has 2 aliphatic rings. The number of hydrogen-bond donors (Lipinski definition) is 3. The molecule has 1 aromatic heterocycles. The van der Waals surface area contributed by atoms with E-state index < -0.39 is 0 Å². The molecule has 1 amide bonds. The number of carbonyl (C=O) groups excluding carboxylic acids is 1. The van der Waals surface area contributed by atoms with Crippen molar-refractivity contribution in [3.05, 3.63) is 23.8 Å². The van der Waals surface area contributed by atoms with Gasteiger partial charge >= 0.3 is 0 Å². The monoisotopic (exact) mass is 373 g/mol. The molecule has 27 heavy (non-hydrogen) atoms. The van der Waals surface area contributed by atoms with Crippen LogP contribution in [0, 0.1) is 0 Å². The average molecular weight is 373 g/mol. The number of amides is 1. The first kappa shape index (κ1) is 18.2. The van der Waals surface area contributed by atoms with Gasteiger partial charge in [-0.15, -0.1) is 0 Å². The van der Waals surface area contributed by atoms with Crippen molar-refractivity contribution in [3.8, 4) is 0 Å². The number of benzene rings is 1. The number of fused-ring (bicyclic) bond motifs is 1. The van der Waals surface area contributed by atoms with Crippen LogP contribution in [0.4, 0.5) is 5.95 Å². The first-order valence-corrected chi connectivity index (χ1v) is 9.47. The van der Waals surface area contributed by atoms with Crippen molar-refractivity contribution in [1.82, 2.24) is 19.8 Å². The molecule has 0 bridgehead atoms. The molecule has 4 rings (SSSR count). The molecule has 0 spiro atoms. The summed E-state index contributed by atoms with van der Waals surface area (Å²) in [7, 11) is 3.92. The second kappa shape index (κ2) is 7.10. The summed E-state index contributed by atoms with van der Waals surface area (Å²) in [5, 5.41) is 22.2. The van der Waals surface area contributed by atoms with Crippen LogP contribution in [-0.4, -0.2) is 82.0 Å². The lowest BCUT2D eigenvalue weighted by Gasteiger charge is -2.16. The summed E-state index contributed by atoms with van der Waals surface area (Å²) < 4.78 is 2.01. The van der Waals surface area contributed by atoms with Crippen LogP contribution < -0.4 is 10.2 Å². The van der Waals surface area contributed by atoms with Crippen LogP contribution in [0.2, 0.25) is 0 Å². The minimum absolute atomic E-state index is 0.0423. The number of anilines is 1. The van der Waals surface area contributed by atoms with Crippen LogP contribution >= 0.6 is 0 Å². The molecule has 8 nitrogen and oxygen atoms in total. The van der Waals surface area contributed by atoms with Crippen LogP contribution in [0.1, 0.15) is 23.2 Å². The lowest BCUT2D eigenvalue weighted by atomic mass is 10.1. The second-order valence-corrected chi connectivity index (χ2v) is 7.74. The van der Waals surface area contributed by atoms with E-state index in [0.717, 1.165) is 42.9 Å². The number of aliphatic hydroxyl groups is 2. The molecule has 8 heteroatoms. The van der Waals surface area contributed by atoms with E-state index in [4.69, 9.17) is 4.98 Å². The maximum absolute atomic E-state index is 12.7. The molecule has 3 N–H and O–H groups in total. The van der Waals surface area contributed by atoms with Gasteiger partial charge in [-0.05, 0) is 38.1 Å². The second-order valence-electron chi connectivity index (χ2n) is 7.74. The van der Waals surface area contributed by atoms with Crippen molar-refractivity contribution in [3.63, 3.8) is 0 Å². The number of likely N-dealkylation sites (tertiary alicyclic amines) is 1. The van der Waals surface area contributed by atoms with Crippen molar-refractivity contribution >= 4 is 22.9 Å². The number of nitrogens with one attached hydrogen (secondary N) is 1. The highest BCUT2D eigenvalue weighted by Crippen LogP contribution is 2.25. The first-order valence-electron chi connectivity index (χ1n) is 9.47. The number of aromatic nitrogens is 2. The number of hydrogen-bond acceptors (Lipinski definition) is 6. The first-order chi connectivity index (χ1) is 13.0. The highest BCUT2D eigenvalue weighted by Gasteiger charge is 2.30. The van der Waals surface area contributed by atoms with Crippen LogP contribution in [0.25, 0.3) is 11.0 Å². The van der Waals surface area contributed by atoms with Crippen LogP contribution in [0.15, 0.2) is 18.2 Å². The van der Waals surface area contributed by atoms with E-state index in [1.165, 1.54) is 0 Å². The summed E-state index contributed by atoms with van der Waals surface area (Å²) in [6.45, 7) is 2.22. The zero-order chi connectivity index (χ0) is 19.1. The number of rotatable bonds is 4. The summed E-state index contributed by atoms with van der Waals surface area (Å²) in [5.41, 5.74) is 2.32. The van der Waals surface area contributed by atoms with Gasteiger partial charge in [0, 0.05) is 44.3 Å². The molecule has 2 aliphatic heterocycles. The number of aliphatic hydroxyl groups excluding tert-OH is 2. The predicted molar refractivity (Wildman–Crippen MR) is 103 cm³/mol. The number of nitrogens with zero attached hydrogens (tertiary/aromatic N) is 4. The third-order valence-electron chi connectivity index (χ3n) is 5.80. The Balaban J connectivity index is 1.52. The Kier molecular flexibility index (Phi) is 4.79. The van der Waals surface area contributed by atoms with Gasteiger partial charge in [-0.2, -0.15) is 0 Å². The molecule has 0 radical (unpaired) electrons. The van der Waals surface area contributed by atoms with E-state index in [9.17, 15) is 15.0 Å². The number of aryl methyl sites for hydroxylation is 1. The summed E-state index contributed by atoms with van der Waals surface area (Å²) in [6, 6.07) is 5.71. The minimum Gasteiger partial charge on any atom is -0.395 e. The van der Waals surface area contributed by atoms with E-state index in [1.54, 1.807) is 0 Å². The van der Waals surface area contributed by atoms with Crippen molar-refractivity contribution in [1.29, 1.82) is 0 Å². The fourth-order valence-corrected chi connectivity index (χ4v) is 4.20. The van der Waals surface area contributed by atoms with Gasteiger partial charge in [0.25, 0.3) is 5.91 Å². The SMILES string of the molecule is CN1CC(NC(=O)c2ccc3c(c2)nc(N2CCC(O)C2)n3C)CC1CO. The molecule has 1 aromatic carbocycles. The highest BCUT2D eigenvalue weighted by molar-refractivity contribution is 5.98. The Morgan fingerprint density at radius 2 is 2.15 bits per heavy atom. The van der Waals surface area contributed by atoms with Crippen LogP contribution in [-0.2, 0) is 7.05 Å². The molecule has 3 heterocycles. The smallest absolute Gasteiger partial charge is 0.251 e. The van der Waals surface area contributed by atoms with Gasteiger partial charge in [0.05, 0.1) is 23.7 Å². The molecule has 2 aromatic rings. The zero-order valence-electron chi connectivity index (χ0n) is 15.8. The summed E-state index contributed by atoms with van der Waals surface area (Å²) >= 11 is 0. The quantitative estimate of drug-likeness (QED) is 0.695. The summed E-state index contributed by atoms with van der Waals surface area (Å²) in [4.78, 5) is 21.5. The zero-order valence-corrected chi connectivity index (χ0v) is 15.8. The van der Waals surface area contributed by atoms with Crippen molar-refractivity contribution in [2.24, 2.45) is 7.05 Å². The molecule has 0 saturated carbocycles. The molecule has 3 atom stereocenters. The molecular formula is C19H27N5O3. The van der Waals surface area contributed by atoms with E-state index >= 15 is 0 Å². The Morgan fingerprint density at radius 1 is 1.33 bits per heavy atom. The fraction of sp³-hybridized carbons (Fsp3) is 0.579. The largest absolute Gasteiger partial charge is 0.395 e. The number of imidazole rings is 1. The average Bonchev–Trinajstić information content (AvgIpc) is 3.32. The van der Waals surface area contributed by atoms with Gasteiger partial charge < -0.3 is 25.0 Å². The molecule has 3 unspecified atom stereocenters. The Morgan fingerprint density at radius 3 is 2.81 bits per heavy atom. The molecule has 2 saturated heterocycles. The van der Waals surface area contributed by atoms with Crippen LogP contribution in [0.3, 0.4) is 0 Å². The number of carbonyl (C=O) groups is 1. The summed E-state index contributed by atoms with van der Waals surface area (Å²) in [5.74, 6) is 0.708. The van der Waals surface area contributed by atoms with Crippen molar-refractivity contribution in [2.45, 2.75) is 31.0 Å². The van der Waals surface area contributed by atoms with Crippen molar-refractivity contribution < 1.29 is 15.0 Å². The number of likely N-dealkylation sites (N-methyl/N-ethyl adjacent to an activating group) is 1. The van der Waals surface area contributed by atoms with Gasteiger partial charge in [-0.3, -0.25) is 9.69 Å². The van der Waals surface area contributed by atoms with Crippen molar-refractivity contribution in [2.75, 3.05) is 38.2 Å². The predicted octanol–water partition coefficient (Wildman–Crippen LogP) is -0.0609. The lowest BCUT2D eigenvalue weighted by Crippen LogP contribution is -2.36. The topological polar surface area (TPSA) is 93.9 Å².